The van der Waals surface area contributed by atoms with Crippen LogP contribution in [0.4, 0.5) is 0 Å². The first-order valence-electron chi connectivity index (χ1n) is 6.55. The van der Waals surface area contributed by atoms with E-state index in [2.05, 4.69) is 45.2 Å². The summed E-state index contributed by atoms with van der Waals surface area (Å²) in [4.78, 5) is 3.10. The normalized spacial score (nSPS) is 9.70. The molecule has 0 unspecified atom stereocenters. The highest BCUT2D eigenvalue weighted by molar-refractivity contribution is 9.10. The summed E-state index contributed by atoms with van der Waals surface area (Å²) in [5.41, 5.74) is 3.94. The average molecular weight is 327 g/mol. The highest BCUT2D eigenvalue weighted by Crippen LogP contribution is 2.27. The van der Waals surface area contributed by atoms with Gasteiger partial charge in [0, 0.05) is 21.6 Å². The van der Waals surface area contributed by atoms with Crippen LogP contribution in [0.25, 0.3) is 22.0 Å². The van der Waals surface area contributed by atoms with Crippen LogP contribution in [0.3, 0.4) is 0 Å². The van der Waals surface area contributed by atoms with Gasteiger partial charge in [0.15, 0.2) is 0 Å². The minimum absolute atomic E-state index is 0.684. The molecule has 2 aromatic carbocycles. The van der Waals surface area contributed by atoms with E-state index in [1.807, 2.05) is 38.1 Å². The number of benzene rings is 2. The molecule has 0 saturated heterocycles. The lowest BCUT2D eigenvalue weighted by molar-refractivity contribution is 1.45. The van der Waals surface area contributed by atoms with E-state index in [-0.39, 0.29) is 0 Å². The monoisotopic (exact) mass is 326 g/mol. The van der Waals surface area contributed by atoms with Gasteiger partial charge in [-0.15, -0.1) is 0 Å². The maximum atomic E-state index is 9.05. The molecule has 2 nitrogen and oxygen atoms in total. The lowest BCUT2D eigenvalue weighted by Crippen LogP contribution is -1.78. The first-order valence-corrected chi connectivity index (χ1v) is 7.34. The van der Waals surface area contributed by atoms with Crippen molar-refractivity contribution in [3.63, 3.8) is 0 Å². The van der Waals surface area contributed by atoms with Gasteiger partial charge in [0.1, 0.15) is 6.07 Å². The number of hydrogen-bond donors (Lipinski definition) is 1. The van der Waals surface area contributed by atoms with Gasteiger partial charge in [0.05, 0.1) is 5.56 Å². The molecular formula is C17H15BrN2. The van der Waals surface area contributed by atoms with E-state index in [1.165, 1.54) is 0 Å². The molecule has 0 aliphatic heterocycles. The predicted molar refractivity (Wildman–Crippen MR) is 87.5 cm³/mol. The molecule has 1 heterocycles. The van der Waals surface area contributed by atoms with Gasteiger partial charge >= 0.3 is 0 Å². The summed E-state index contributed by atoms with van der Waals surface area (Å²) in [7, 11) is 0. The number of hydrogen-bond acceptors (Lipinski definition) is 1. The van der Waals surface area contributed by atoms with Gasteiger partial charge < -0.3 is 4.98 Å². The molecule has 0 spiro atoms. The molecular weight excluding hydrogens is 312 g/mol. The topological polar surface area (TPSA) is 39.6 Å². The Kier molecular flexibility index (Phi) is 4.60. The Morgan fingerprint density at radius 3 is 2.30 bits per heavy atom. The van der Waals surface area contributed by atoms with Crippen molar-refractivity contribution in [2.45, 2.75) is 13.8 Å². The molecule has 1 aromatic heterocycles. The smallest absolute Gasteiger partial charge is 0.101 e. The first-order chi connectivity index (χ1) is 9.78. The minimum Gasteiger partial charge on any atom is -0.360 e. The Labute approximate surface area is 127 Å². The molecule has 0 radical (unpaired) electrons. The molecule has 20 heavy (non-hydrogen) atoms. The molecule has 100 valence electrons. The van der Waals surface area contributed by atoms with Crippen molar-refractivity contribution in [3.05, 3.63) is 58.7 Å². The number of nitrogens with one attached hydrogen (secondary N) is 1. The van der Waals surface area contributed by atoms with Crippen LogP contribution in [-0.4, -0.2) is 4.98 Å². The first kappa shape index (κ1) is 14.4. The number of H-pyrrole nitrogens is 1. The van der Waals surface area contributed by atoms with Crippen LogP contribution in [0.1, 0.15) is 19.4 Å². The van der Waals surface area contributed by atoms with Gasteiger partial charge in [0.25, 0.3) is 0 Å². The second-order valence-corrected chi connectivity index (χ2v) is 5.00. The predicted octanol–water partition coefficient (Wildman–Crippen LogP) is 5.50. The molecule has 3 aromatic rings. The number of fused-ring (bicyclic) bond motifs is 1. The third-order valence-corrected chi connectivity index (χ3v) is 3.51. The lowest BCUT2D eigenvalue weighted by Gasteiger charge is -2.02. The van der Waals surface area contributed by atoms with Gasteiger partial charge in [-0.3, -0.25) is 0 Å². The molecule has 0 saturated carbocycles. The fraction of sp³-hybridized carbons (Fsp3) is 0.118. The molecule has 1 N–H and O–H groups in total. The maximum Gasteiger partial charge on any atom is 0.101 e. The Morgan fingerprint density at radius 2 is 1.65 bits per heavy atom. The summed E-state index contributed by atoms with van der Waals surface area (Å²) in [5, 5.41) is 10.0. The zero-order valence-electron chi connectivity index (χ0n) is 11.4. The summed E-state index contributed by atoms with van der Waals surface area (Å²) in [6.07, 6.45) is 1.75. The van der Waals surface area contributed by atoms with Crippen molar-refractivity contribution in [1.29, 1.82) is 5.26 Å². The van der Waals surface area contributed by atoms with Gasteiger partial charge in [0.2, 0.25) is 0 Å². The van der Waals surface area contributed by atoms with Crippen molar-refractivity contribution in [2.75, 3.05) is 0 Å². The number of rotatable bonds is 1. The maximum absolute atomic E-state index is 9.05. The van der Waals surface area contributed by atoms with Crippen LogP contribution < -0.4 is 0 Å². The zero-order chi connectivity index (χ0) is 14.5. The number of halogens is 1. The summed E-state index contributed by atoms with van der Waals surface area (Å²) in [6.45, 7) is 4.00. The van der Waals surface area contributed by atoms with E-state index in [0.29, 0.717) is 5.56 Å². The molecule has 3 heteroatoms. The fourth-order valence-corrected chi connectivity index (χ4v) is 2.30. The van der Waals surface area contributed by atoms with Gasteiger partial charge in [-0.25, -0.2) is 0 Å². The Hall–Kier alpha value is -2.05. The molecule has 0 fully saturated rings. The van der Waals surface area contributed by atoms with Crippen molar-refractivity contribution in [1.82, 2.24) is 4.98 Å². The van der Waals surface area contributed by atoms with Gasteiger partial charge in [-0.2, -0.15) is 5.26 Å². The van der Waals surface area contributed by atoms with Crippen molar-refractivity contribution < 1.29 is 0 Å². The summed E-state index contributed by atoms with van der Waals surface area (Å²) < 4.78 is 1.06. The lowest BCUT2D eigenvalue weighted by atomic mass is 10.0. The number of aromatic amines is 1. The van der Waals surface area contributed by atoms with E-state index in [9.17, 15) is 0 Å². The highest BCUT2D eigenvalue weighted by atomic mass is 79.9. The average Bonchev–Trinajstić information content (AvgIpc) is 2.92. The van der Waals surface area contributed by atoms with Gasteiger partial charge in [-0.05, 0) is 35.4 Å². The van der Waals surface area contributed by atoms with E-state index in [4.69, 9.17) is 5.26 Å². The Balaban J connectivity index is 0.000000704. The third kappa shape index (κ3) is 2.76. The minimum atomic E-state index is 0.684. The molecule has 0 aliphatic carbocycles. The van der Waals surface area contributed by atoms with Crippen molar-refractivity contribution >= 4 is 26.8 Å². The van der Waals surface area contributed by atoms with Gasteiger partial charge in [-0.1, -0.05) is 48.0 Å². The van der Waals surface area contributed by atoms with Crippen LogP contribution in [0, 0.1) is 11.3 Å². The SMILES string of the molecule is CC.N#Cc1c[nH]c2ccc(-c3ccc(Br)cc3)cc12. The Morgan fingerprint density at radius 1 is 1.00 bits per heavy atom. The van der Waals surface area contributed by atoms with Crippen LogP contribution >= 0.6 is 15.9 Å². The van der Waals surface area contributed by atoms with E-state index >= 15 is 0 Å². The van der Waals surface area contributed by atoms with E-state index < -0.39 is 0 Å². The zero-order valence-corrected chi connectivity index (χ0v) is 13.0. The molecule has 0 amide bonds. The molecule has 0 atom stereocenters. The fourth-order valence-electron chi connectivity index (χ4n) is 2.04. The molecule has 0 aliphatic rings. The third-order valence-electron chi connectivity index (χ3n) is 2.98. The second-order valence-electron chi connectivity index (χ2n) is 4.08. The van der Waals surface area contributed by atoms with Crippen LogP contribution in [0.2, 0.25) is 0 Å². The second kappa shape index (κ2) is 6.40. The standard InChI is InChI=1S/C15H9BrN2.C2H6/c16-13-4-1-10(2-5-13)11-3-6-15-14(7-11)12(8-17)9-18-15;1-2/h1-7,9,18H;1-2H3. The van der Waals surface area contributed by atoms with Crippen LogP contribution in [0.5, 0.6) is 0 Å². The molecule has 3 rings (SSSR count). The van der Waals surface area contributed by atoms with E-state index in [1.54, 1.807) is 6.20 Å². The number of nitriles is 1. The summed E-state index contributed by atoms with van der Waals surface area (Å²) in [6, 6.07) is 16.5. The summed E-state index contributed by atoms with van der Waals surface area (Å²) >= 11 is 3.43. The molecule has 0 bridgehead atoms. The van der Waals surface area contributed by atoms with Crippen LogP contribution in [-0.2, 0) is 0 Å². The quantitative estimate of drug-likeness (QED) is 0.630. The Bertz CT molecular complexity index is 749. The van der Waals surface area contributed by atoms with Crippen LogP contribution in [0.15, 0.2) is 53.1 Å². The largest absolute Gasteiger partial charge is 0.360 e. The van der Waals surface area contributed by atoms with E-state index in [0.717, 1.165) is 26.5 Å². The number of aromatic nitrogens is 1. The van der Waals surface area contributed by atoms with Crippen molar-refractivity contribution in [3.8, 4) is 17.2 Å². The highest BCUT2D eigenvalue weighted by Gasteiger charge is 2.05. The summed E-state index contributed by atoms with van der Waals surface area (Å²) in [5.74, 6) is 0. The van der Waals surface area contributed by atoms with Crippen molar-refractivity contribution in [2.24, 2.45) is 0 Å². The number of nitrogens with zero attached hydrogens (tertiary/aromatic N) is 1.